The van der Waals surface area contributed by atoms with Crippen LogP contribution in [0.25, 0.3) is 0 Å². The molecule has 2 saturated heterocycles. The van der Waals surface area contributed by atoms with Gasteiger partial charge in [0.15, 0.2) is 0 Å². The molecule has 3 rings (SSSR count). The first-order valence-electron chi connectivity index (χ1n) is 9.77. The van der Waals surface area contributed by atoms with Crippen LogP contribution in [0.1, 0.15) is 44.3 Å². The number of anilines is 2. The van der Waals surface area contributed by atoms with Crippen molar-refractivity contribution in [2.75, 3.05) is 49.2 Å². The van der Waals surface area contributed by atoms with Crippen molar-refractivity contribution in [2.24, 2.45) is 11.8 Å². The summed E-state index contributed by atoms with van der Waals surface area (Å²) in [4.78, 5) is 14.1. The van der Waals surface area contributed by atoms with Gasteiger partial charge in [0.1, 0.15) is 17.5 Å². The van der Waals surface area contributed by atoms with Crippen LogP contribution >= 0.6 is 0 Å². The lowest BCUT2D eigenvalue weighted by Crippen LogP contribution is -2.36. The molecular weight excluding hydrogens is 316 g/mol. The summed E-state index contributed by atoms with van der Waals surface area (Å²) in [5, 5.41) is 18.2. The number of hydrogen-bond acceptors (Lipinski definition) is 6. The largest absolute Gasteiger partial charge is 0.396 e. The first kappa shape index (κ1) is 18.4. The summed E-state index contributed by atoms with van der Waals surface area (Å²) < 4.78 is 0. The molecule has 0 amide bonds. The Hall–Kier alpha value is -1.40. The molecule has 0 radical (unpaired) electrons. The quantitative estimate of drug-likeness (QED) is 0.819. The Morgan fingerprint density at radius 3 is 1.60 bits per heavy atom. The smallest absolute Gasteiger partial charge is 0.134 e. The van der Waals surface area contributed by atoms with Gasteiger partial charge < -0.3 is 20.0 Å². The van der Waals surface area contributed by atoms with Gasteiger partial charge in [-0.2, -0.15) is 0 Å². The lowest BCUT2D eigenvalue weighted by Gasteiger charge is -2.35. The van der Waals surface area contributed by atoms with Crippen molar-refractivity contribution in [1.29, 1.82) is 0 Å². The molecule has 0 spiro atoms. The number of rotatable bonds is 6. The van der Waals surface area contributed by atoms with E-state index in [1.807, 2.05) is 6.92 Å². The van der Waals surface area contributed by atoms with E-state index in [1.54, 1.807) is 0 Å². The molecule has 1 aromatic rings. The molecule has 0 aromatic carbocycles. The number of aryl methyl sites for hydroxylation is 1. The number of aliphatic hydroxyl groups is 2. The van der Waals surface area contributed by atoms with Gasteiger partial charge in [0.25, 0.3) is 0 Å². The average molecular weight is 348 g/mol. The zero-order valence-corrected chi connectivity index (χ0v) is 15.4. The van der Waals surface area contributed by atoms with Crippen LogP contribution in [0.3, 0.4) is 0 Å². The topological polar surface area (TPSA) is 72.7 Å². The molecule has 3 heterocycles. The Morgan fingerprint density at radius 1 is 0.840 bits per heavy atom. The maximum atomic E-state index is 9.12. The van der Waals surface area contributed by atoms with Gasteiger partial charge in [-0.3, -0.25) is 0 Å². The summed E-state index contributed by atoms with van der Waals surface area (Å²) >= 11 is 0. The Bertz CT molecular complexity index is 494. The molecule has 2 aliphatic rings. The van der Waals surface area contributed by atoms with Crippen LogP contribution < -0.4 is 9.80 Å². The SMILES string of the molecule is Cc1nc(N2CCC(CCO)CC2)cc(N2CCC(CCO)CC2)n1. The minimum atomic E-state index is 0.299. The fourth-order valence-electron chi connectivity index (χ4n) is 4.13. The minimum Gasteiger partial charge on any atom is -0.396 e. The molecule has 2 fully saturated rings. The van der Waals surface area contributed by atoms with Gasteiger partial charge in [0.05, 0.1) is 0 Å². The van der Waals surface area contributed by atoms with Crippen molar-refractivity contribution < 1.29 is 10.2 Å². The first-order chi connectivity index (χ1) is 12.2. The van der Waals surface area contributed by atoms with Crippen LogP contribution in [0.2, 0.25) is 0 Å². The fourth-order valence-corrected chi connectivity index (χ4v) is 4.13. The molecule has 0 saturated carbocycles. The van der Waals surface area contributed by atoms with Crippen molar-refractivity contribution in [2.45, 2.75) is 45.4 Å². The molecule has 0 aliphatic carbocycles. The Labute approximate surface area is 150 Å². The zero-order valence-electron chi connectivity index (χ0n) is 15.4. The van der Waals surface area contributed by atoms with Crippen molar-refractivity contribution in [1.82, 2.24) is 9.97 Å². The standard InChI is InChI=1S/C19H32N4O2/c1-15-20-18(22-8-2-16(3-9-22)6-12-24)14-19(21-15)23-10-4-17(5-11-23)7-13-25/h14,16-17,24-25H,2-13H2,1H3. The molecule has 6 heteroatoms. The average Bonchev–Trinajstić information content (AvgIpc) is 2.63. The molecule has 25 heavy (non-hydrogen) atoms. The third-order valence-corrected chi connectivity index (χ3v) is 5.76. The zero-order chi connectivity index (χ0) is 17.6. The first-order valence-corrected chi connectivity index (χ1v) is 9.77. The molecular formula is C19H32N4O2. The highest BCUT2D eigenvalue weighted by Crippen LogP contribution is 2.28. The van der Waals surface area contributed by atoms with Gasteiger partial charge in [-0.25, -0.2) is 9.97 Å². The highest BCUT2D eigenvalue weighted by Gasteiger charge is 2.23. The predicted octanol–water partition coefficient (Wildman–Crippen LogP) is 1.98. The molecule has 140 valence electrons. The molecule has 0 unspecified atom stereocenters. The number of aromatic nitrogens is 2. The molecule has 2 aliphatic heterocycles. The van der Waals surface area contributed by atoms with Gasteiger partial charge in [-0.1, -0.05) is 0 Å². The van der Waals surface area contributed by atoms with Gasteiger partial charge in [0.2, 0.25) is 0 Å². The summed E-state index contributed by atoms with van der Waals surface area (Å²) in [6.07, 6.45) is 6.36. The van der Waals surface area contributed by atoms with E-state index in [4.69, 9.17) is 10.2 Å². The van der Waals surface area contributed by atoms with Crippen molar-refractivity contribution >= 4 is 11.6 Å². The number of aliphatic hydroxyl groups excluding tert-OH is 2. The second-order valence-electron chi connectivity index (χ2n) is 7.52. The summed E-state index contributed by atoms with van der Waals surface area (Å²) in [6.45, 7) is 6.63. The van der Waals surface area contributed by atoms with E-state index in [2.05, 4.69) is 25.8 Å². The molecule has 0 bridgehead atoms. The summed E-state index contributed by atoms with van der Waals surface area (Å²) in [5.74, 6) is 4.22. The van der Waals surface area contributed by atoms with E-state index in [-0.39, 0.29) is 0 Å². The van der Waals surface area contributed by atoms with E-state index >= 15 is 0 Å². The van der Waals surface area contributed by atoms with Gasteiger partial charge in [-0.05, 0) is 57.3 Å². The number of piperidine rings is 2. The monoisotopic (exact) mass is 348 g/mol. The number of hydrogen-bond donors (Lipinski definition) is 2. The minimum absolute atomic E-state index is 0.299. The Kier molecular flexibility index (Phi) is 6.48. The summed E-state index contributed by atoms with van der Waals surface area (Å²) in [7, 11) is 0. The predicted molar refractivity (Wildman–Crippen MR) is 100 cm³/mol. The lowest BCUT2D eigenvalue weighted by molar-refractivity contribution is 0.240. The summed E-state index contributed by atoms with van der Waals surface area (Å²) in [6, 6.07) is 2.14. The summed E-state index contributed by atoms with van der Waals surface area (Å²) in [5.41, 5.74) is 0. The normalized spacial score (nSPS) is 20.3. The highest BCUT2D eigenvalue weighted by molar-refractivity contribution is 5.51. The lowest BCUT2D eigenvalue weighted by atomic mass is 9.93. The maximum Gasteiger partial charge on any atom is 0.134 e. The fraction of sp³-hybridized carbons (Fsp3) is 0.789. The Morgan fingerprint density at radius 2 is 1.24 bits per heavy atom. The third kappa shape index (κ3) is 4.82. The molecule has 2 N–H and O–H groups in total. The molecule has 6 nitrogen and oxygen atoms in total. The third-order valence-electron chi connectivity index (χ3n) is 5.76. The van der Waals surface area contributed by atoms with Crippen LogP contribution in [0.5, 0.6) is 0 Å². The van der Waals surface area contributed by atoms with Crippen molar-refractivity contribution in [3.8, 4) is 0 Å². The maximum absolute atomic E-state index is 9.12. The van der Waals surface area contributed by atoms with E-state index in [9.17, 15) is 0 Å². The van der Waals surface area contributed by atoms with Crippen LogP contribution in [-0.2, 0) is 0 Å². The van der Waals surface area contributed by atoms with Crippen LogP contribution in [0, 0.1) is 18.8 Å². The van der Waals surface area contributed by atoms with Crippen LogP contribution in [0.15, 0.2) is 6.07 Å². The van der Waals surface area contributed by atoms with Crippen LogP contribution in [-0.4, -0.2) is 59.6 Å². The second-order valence-corrected chi connectivity index (χ2v) is 7.52. The highest BCUT2D eigenvalue weighted by atomic mass is 16.3. The van der Waals surface area contributed by atoms with E-state index < -0.39 is 0 Å². The molecule has 0 atom stereocenters. The van der Waals surface area contributed by atoms with E-state index in [1.165, 1.54) is 0 Å². The van der Waals surface area contributed by atoms with Crippen molar-refractivity contribution in [3.05, 3.63) is 11.9 Å². The van der Waals surface area contributed by atoms with Gasteiger partial charge in [-0.15, -0.1) is 0 Å². The van der Waals surface area contributed by atoms with Gasteiger partial charge >= 0.3 is 0 Å². The van der Waals surface area contributed by atoms with Gasteiger partial charge in [0, 0.05) is 45.5 Å². The number of nitrogens with zero attached hydrogens (tertiary/aromatic N) is 4. The molecule has 1 aromatic heterocycles. The van der Waals surface area contributed by atoms with E-state index in [0.717, 1.165) is 82.2 Å². The van der Waals surface area contributed by atoms with E-state index in [0.29, 0.717) is 25.0 Å². The Balaban J connectivity index is 1.63. The van der Waals surface area contributed by atoms with Crippen molar-refractivity contribution in [3.63, 3.8) is 0 Å². The van der Waals surface area contributed by atoms with Crippen LogP contribution in [0.4, 0.5) is 11.6 Å². The second kappa shape index (κ2) is 8.81.